The van der Waals surface area contributed by atoms with Crippen LogP contribution in [0.2, 0.25) is 0 Å². The topological polar surface area (TPSA) is 28.3 Å². The molecule has 1 saturated heterocycles. The third-order valence-electron chi connectivity index (χ3n) is 4.97. The van der Waals surface area contributed by atoms with Crippen LogP contribution in [0.3, 0.4) is 0 Å². The van der Waals surface area contributed by atoms with Gasteiger partial charge in [-0.1, -0.05) is 6.92 Å². The predicted molar refractivity (Wildman–Crippen MR) is 87.9 cm³/mol. The highest BCUT2D eigenvalue weighted by Gasteiger charge is 2.24. The van der Waals surface area contributed by atoms with E-state index in [0.29, 0.717) is 6.04 Å². The molecule has 1 aromatic heterocycles. The Bertz CT molecular complexity index is 631. The van der Waals surface area contributed by atoms with E-state index < -0.39 is 0 Å². The molecule has 3 nitrogen and oxygen atoms in total. The number of piperidine rings is 1. The second-order valence-corrected chi connectivity index (χ2v) is 6.59. The van der Waals surface area contributed by atoms with E-state index in [2.05, 4.69) is 42.8 Å². The van der Waals surface area contributed by atoms with Gasteiger partial charge in [0.15, 0.2) is 0 Å². The molecule has 3 rings (SSSR count). The van der Waals surface area contributed by atoms with Gasteiger partial charge in [-0.25, -0.2) is 0 Å². The van der Waals surface area contributed by atoms with E-state index in [4.69, 9.17) is 4.74 Å². The number of ether oxygens (including phenoxy) is 1. The van der Waals surface area contributed by atoms with Gasteiger partial charge in [0.05, 0.1) is 7.11 Å². The normalized spacial score (nSPS) is 23.6. The maximum atomic E-state index is 5.66. The van der Waals surface area contributed by atoms with Gasteiger partial charge in [0.1, 0.15) is 5.75 Å². The first-order chi connectivity index (χ1) is 10.1. The summed E-state index contributed by atoms with van der Waals surface area (Å²) in [5, 5.41) is 1.30. The summed E-state index contributed by atoms with van der Waals surface area (Å²) in [7, 11) is 1.78. The minimum atomic E-state index is 0.647. The lowest BCUT2D eigenvalue weighted by molar-refractivity contribution is 0.121. The maximum absolute atomic E-state index is 5.66. The number of methoxy groups -OCH3 is 1. The number of H-pyrrole nitrogens is 1. The molecule has 0 spiro atoms. The number of nitrogens with one attached hydrogen (secondary N) is 1. The molecule has 0 amide bonds. The standard InChI is InChI=1S/C18H26N2O/c1-12-6-8-20(14(3)9-12)11-16-15-5-7-19-18(15)13(2)10-17(16)21-4/h5,7,10,12,14,19H,6,8-9,11H2,1-4H3/t12-,14-/m1/s1. The fourth-order valence-electron chi connectivity index (χ4n) is 3.67. The molecule has 0 saturated carbocycles. The number of hydrogen-bond acceptors (Lipinski definition) is 2. The predicted octanol–water partition coefficient (Wildman–Crippen LogP) is 4.11. The molecule has 0 radical (unpaired) electrons. The zero-order chi connectivity index (χ0) is 15.0. The fourth-order valence-corrected chi connectivity index (χ4v) is 3.67. The van der Waals surface area contributed by atoms with Crippen molar-refractivity contribution in [1.29, 1.82) is 0 Å². The van der Waals surface area contributed by atoms with E-state index in [1.807, 2.05) is 6.20 Å². The quantitative estimate of drug-likeness (QED) is 0.920. The summed E-state index contributed by atoms with van der Waals surface area (Å²) in [5.74, 6) is 1.87. The molecule has 1 N–H and O–H groups in total. The highest BCUT2D eigenvalue weighted by atomic mass is 16.5. The number of hydrogen-bond donors (Lipinski definition) is 1. The van der Waals surface area contributed by atoms with E-state index in [9.17, 15) is 0 Å². The first kappa shape index (κ1) is 14.5. The summed E-state index contributed by atoms with van der Waals surface area (Å²) in [5.41, 5.74) is 3.81. The number of rotatable bonds is 3. The number of aromatic nitrogens is 1. The highest BCUT2D eigenvalue weighted by Crippen LogP contribution is 2.33. The number of aromatic amines is 1. The first-order valence-electron chi connectivity index (χ1n) is 7.97. The van der Waals surface area contributed by atoms with Crippen LogP contribution in [-0.2, 0) is 6.54 Å². The van der Waals surface area contributed by atoms with Gasteiger partial charge in [-0.15, -0.1) is 0 Å². The largest absolute Gasteiger partial charge is 0.496 e. The Morgan fingerprint density at radius 1 is 1.38 bits per heavy atom. The zero-order valence-electron chi connectivity index (χ0n) is 13.6. The fraction of sp³-hybridized carbons (Fsp3) is 0.556. The van der Waals surface area contributed by atoms with Crippen molar-refractivity contribution in [3.63, 3.8) is 0 Å². The van der Waals surface area contributed by atoms with Crippen LogP contribution in [0.15, 0.2) is 18.3 Å². The minimum Gasteiger partial charge on any atom is -0.496 e. The number of likely N-dealkylation sites (tertiary alicyclic amines) is 1. The first-order valence-corrected chi connectivity index (χ1v) is 7.97. The molecule has 3 heteroatoms. The van der Waals surface area contributed by atoms with Gasteiger partial charge in [-0.3, -0.25) is 4.90 Å². The molecule has 1 aromatic carbocycles. The molecule has 21 heavy (non-hydrogen) atoms. The summed E-state index contributed by atoms with van der Waals surface area (Å²) in [4.78, 5) is 5.96. The van der Waals surface area contributed by atoms with Crippen LogP contribution < -0.4 is 4.74 Å². The monoisotopic (exact) mass is 286 g/mol. The van der Waals surface area contributed by atoms with Crippen molar-refractivity contribution in [3.05, 3.63) is 29.5 Å². The number of aryl methyl sites for hydroxylation is 1. The summed E-state index contributed by atoms with van der Waals surface area (Å²) in [6.45, 7) is 9.02. The molecule has 2 aromatic rings. The van der Waals surface area contributed by atoms with Gasteiger partial charge < -0.3 is 9.72 Å². The summed E-state index contributed by atoms with van der Waals surface area (Å²) < 4.78 is 5.66. The summed E-state index contributed by atoms with van der Waals surface area (Å²) >= 11 is 0. The van der Waals surface area contributed by atoms with Gasteiger partial charge in [-0.2, -0.15) is 0 Å². The van der Waals surface area contributed by atoms with Crippen molar-refractivity contribution in [3.8, 4) is 5.75 Å². The summed E-state index contributed by atoms with van der Waals surface area (Å²) in [6, 6.07) is 4.98. The molecule has 1 aliphatic heterocycles. The third-order valence-corrected chi connectivity index (χ3v) is 4.97. The highest BCUT2D eigenvalue weighted by molar-refractivity contribution is 5.88. The molecule has 1 aliphatic rings. The van der Waals surface area contributed by atoms with Gasteiger partial charge in [-0.05, 0) is 56.8 Å². The Hall–Kier alpha value is -1.48. The molecule has 2 atom stereocenters. The lowest BCUT2D eigenvalue weighted by Gasteiger charge is -2.37. The van der Waals surface area contributed by atoms with E-state index >= 15 is 0 Å². The van der Waals surface area contributed by atoms with Crippen LogP contribution in [0.1, 0.15) is 37.8 Å². The molecule has 0 bridgehead atoms. The van der Waals surface area contributed by atoms with Gasteiger partial charge in [0.25, 0.3) is 0 Å². The second-order valence-electron chi connectivity index (χ2n) is 6.59. The molecule has 0 aliphatic carbocycles. The van der Waals surface area contributed by atoms with Crippen molar-refractivity contribution in [2.75, 3.05) is 13.7 Å². The number of fused-ring (bicyclic) bond motifs is 1. The molecular weight excluding hydrogens is 260 g/mol. The van der Waals surface area contributed by atoms with Crippen LogP contribution >= 0.6 is 0 Å². The Morgan fingerprint density at radius 3 is 2.90 bits per heavy atom. The Labute approximate surface area is 127 Å². The average Bonchev–Trinajstić information content (AvgIpc) is 2.94. The van der Waals surface area contributed by atoms with Crippen molar-refractivity contribution in [2.45, 2.75) is 46.2 Å². The summed E-state index contributed by atoms with van der Waals surface area (Å²) in [6.07, 6.45) is 4.63. The van der Waals surface area contributed by atoms with Crippen LogP contribution in [-0.4, -0.2) is 29.6 Å². The number of nitrogens with zero attached hydrogens (tertiary/aromatic N) is 1. The van der Waals surface area contributed by atoms with Gasteiger partial charge in [0.2, 0.25) is 0 Å². The Morgan fingerprint density at radius 2 is 2.19 bits per heavy atom. The van der Waals surface area contributed by atoms with E-state index in [0.717, 1.165) is 18.2 Å². The molecule has 1 fully saturated rings. The molecule has 2 heterocycles. The second kappa shape index (κ2) is 5.72. The van der Waals surface area contributed by atoms with E-state index in [1.165, 1.54) is 41.4 Å². The third kappa shape index (κ3) is 2.67. The molecule has 114 valence electrons. The number of benzene rings is 1. The van der Waals surface area contributed by atoms with Gasteiger partial charge >= 0.3 is 0 Å². The van der Waals surface area contributed by atoms with Crippen LogP contribution in [0.4, 0.5) is 0 Å². The smallest absolute Gasteiger partial charge is 0.124 e. The SMILES string of the molecule is COc1cc(C)c2[nH]ccc2c1CN1CC[C@@H](C)C[C@H]1C. The molecular formula is C18H26N2O. The Kier molecular flexibility index (Phi) is 3.94. The average molecular weight is 286 g/mol. The zero-order valence-corrected chi connectivity index (χ0v) is 13.6. The Balaban J connectivity index is 1.96. The maximum Gasteiger partial charge on any atom is 0.124 e. The molecule has 0 unspecified atom stereocenters. The van der Waals surface area contributed by atoms with Crippen LogP contribution in [0.25, 0.3) is 10.9 Å². The van der Waals surface area contributed by atoms with Crippen molar-refractivity contribution in [1.82, 2.24) is 9.88 Å². The van der Waals surface area contributed by atoms with E-state index in [-0.39, 0.29) is 0 Å². The van der Waals surface area contributed by atoms with E-state index in [1.54, 1.807) is 7.11 Å². The minimum absolute atomic E-state index is 0.647. The van der Waals surface area contributed by atoms with Crippen molar-refractivity contribution >= 4 is 10.9 Å². The van der Waals surface area contributed by atoms with Crippen molar-refractivity contribution < 1.29 is 4.74 Å². The van der Waals surface area contributed by atoms with Crippen molar-refractivity contribution in [2.24, 2.45) is 5.92 Å². The lowest BCUT2D eigenvalue weighted by atomic mass is 9.92. The van der Waals surface area contributed by atoms with Gasteiger partial charge in [0, 0.05) is 35.2 Å². The van der Waals surface area contributed by atoms with Crippen LogP contribution in [0.5, 0.6) is 5.75 Å². The van der Waals surface area contributed by atoms with Crippen LogP contribution in [0, 0.1) is 12.8 Å². The lowest BCUT2D eigenvalue weighted by Crippen LogP contribution is -2.39.